The number of hydrogen-bond acceptors (Lipinski definition) is 4. The number of aromatic nitrogens is 2. The number of amides is 1. The van der Waals surface area contributed by atoms with Crippen molar-refractivity contribution in [3.63, 3.8) is 0 Å². The van der Waals surface area contributed by atoms with Gasteiger partial charge >= 0.3 is 0 Å². The molecule has 2 rings (SSSR count). The van der Waals surface area contributed by atoms with E-state index in [9.17, 15) is 13.2 Å². The molecule has 0 saturated carbocycles. The standard InChI is InChI=1S/C19H27ClN4O3S/c1-6-23(7-2)28(26,27)18-10-16(8-9-17(18)20)19(25)24(14(3)4)13-15-11-21-22(5)12-15/h8-12,14H,6-7,13H2,1-5H3. The van der Waals surface area contributed by atoms with Crippen LogP contribution in [0.4, 0.5) is 0 Å². The van der Waals surface area contributed by atoms with E-state index in [0.29, 0.717) is 19.6 Å². The molecule has 7 nitrogen and oxygen atoms in total. The van der Waals surface area contributed by atoms with E-state index in [4.69, 9.17) is 11.6 Å². The molecule has 0 saturated heterocycles. The minimum atomic E-state index is -3.77. The largest absolute Gasteiger partial charge is 0.332 e. The van der Waals surface area contributed by atoms with Crippen molar-refractivity contribution in [3.8, 4) is 0 Å². The number of carbonyl (C=O) groups is 1. The zero-order chi connectivity index (χ0) is 21.1. The highest BCUT2D eigenvalue weighted by molar-refractivity contribution is 7.89. The van der Waals surface area contributed by atoms with Crippen molar-refractivity contribution in [3.05, 3.63) is 46.7 Å². The van der Waals surface area contributed by atoms with E-state index in [-0.39, 0.29) is 27.4 Å². The predicted molar refractivity (Wildman–Crippen MR) is 110 cm³/mol. The number of hydrogen-bond donors (Lipinski definition) is 0. The number of sulfonamides is 1. The second-order valence-corrected chi connectivity index (χ2v) is 9.10. The van der Waals surface area contributed by atoms with Crippen molar-refractivity contribution in [1.82, 2.24) is 19.0 Å². The Morgan fingerprint density at radius 2 is 1.89 bits per heavy atom. The van der Waals surface area contributed by atoms with Crippen LogP contribution in [0.5, 0.6) is 0 Å². The lowest BCUT2D eigenvalue weighted by Crippen LogP contribution is -2.36. The molecular formula is C19H27ClN4O3S. The Hall–Kier alpha value is -1.90. The summed E-state index contributed by atoms with van der Waals surface area (Å²) in [5.74, 6) is -0.258. The van der Waals surface area contributed by atoms with Crippen LogP contribution in [0, 0.1) is 0 Å². The molecule has 1 amide bonds. The van der Waals surface area contributed by atoms with Crippen molar-refractivity contribution in [1.29, 1.82) is 0 Å². The van der Waals surface area contributed by atoms with Crippen LogP contribution in [0.3, 0.4) is 0 Å². The Balaban J connectivity index is 2.41. The van der Waals surface area contributed by atoms with E-state index in [1.807, 2.05) is 27.1 Å². The molecule has 0 bridgehead atoms. The second kappa shape index (κ2) is 9.07. The molecule has 2 aromatic rings. The highest BCUT2D eigenvalue weighted by atomic mass is 35.5. The third-order valence-electron chi connectivity index (χ3n) is 4.50. The Kier molecular flexibility index (Phi) is 7.25. The predicted octanol–water partition coefficient (Wildman–Crippen LogP) is 3.15. The first-order valence-electron chi connectivity index (χ1n) is 9.20. The third-order valence-corrected chi connectivity index (χ3v) is 7.03. The maximum atomic E-state index is 13.1. The third kappa shape index (κ3) is 4.74. The van der Waals surface area contributed by atoms with Gasteiger partial charge < -0.3 is 4.90 Å². The van der Waals surface area contributed by atoms with Crippen molar-refractivity contribution < 1.29 is 13.2 Å². The van der Waals surface area contributed by atoms with Gasteiger partial charge in [-0.3, -0.25) is 9.48 Å². The van der Waals surface area contributed by atoms with E-state index in [2.05, 4.69) is 5.10 Å². The summed E-state index contributed by atoms with van der Waals surface area (Å²) < 4.78 is 28.8. The molecule has 154 valence electrons. The smallest absolute Gasteiger partial charge is 0.254 e. The molecule has 28 heavy (non-hydrogen) atoms. The van der Waals surface area contributed by atoms with Gasteiger partial charge in [-0.1, -0.05) is 25.4 Å². The highest BCUT2D eigenvalue weighted by Gasteiger charge is 2.27. The molecule has 0 aliphatic heterocycles. The van der Waals surface area contributed by atoms with Gasteiger partial charge in [0.05, 0.1) is 11.2 Å². The summed E-state index contributed by atoms with van der Waals surface area (Å²) in [7, 11) is -1.96. The fourth-order valence-corrected chi connectivity index (χ4v) is 4.90. The van der Waals surface area contributed by atoms with Crippen molar-refractivity contribution in [2.45, 2.75) is 45.2 Å². The van der Waals surface area contributed by atoms with Gasteiger partial charge in [-0.2, -0.15) is 9.40 Å². The van der Waals surface area contributed by atoms with Gasteiger partial charge in [0.1, 0.15) is 4.90 Å². The van der Waals surface area contributed by atoms with Gasteiger partial charge in [0, 0.05) is 50.0 Å². The first-order valence-corrected chi connectivity index (χ1v) is 11.0. The molecule has 1 aromatic heterocycles. The van der Waals surface area contributed by atoms with Crippen molar-refractivity contribution >= 4 is 27.5 Å². The number of halogens is 1. The lowest BCUT2D eigenvalue weighted by molar-refractivity contribution is 0.0690. The first-order chi connectivity index (χ1) is 13.1. The number of rotatable bonds is 8. The molecule has 0 fully saturated rings. The molecule has 0 radical (unpaired) electrons. The van der Waals surface area contributed by atoms with Gasteiger partial charge in [0.2, 0.25) is 10.0 Å². The zero-order valence-corrected chi connectivity index (χ0v) is 18.5. The molecule has 0 unspecified atom stereocenters. The normalized spacial score (nSPS) is 12.0. The first kappa shape index (κ1) is 22.4. The second-order valence-electron chi connectivity index (χ2n) is 6.78. The van der Waals surface area contributed by atoms with E-state index in [1.165, 1.54) is 16.4 Å². The van der Waals surface area contributed by atoms with Crippen LogP contribution < -0.4 is 0 Å². The van der Waals surface area contributed by atoms with Crippen molar-refractivity contribution in [2.24, 2.45) is 7.05 Å². The molecule has 0 aliphatic carbocycles. The van der Waals surface area contributed by atoms with Crippen LogP contribution in [0.25, 0.3) is 0 Å². The van der Waals surface area contributed by atoms with Crippen LogP contribution in [0.2, 0.25) is 5.02 Å². The summed E-state index contributed by atoms with van der Waals surface area (Å²) in [6.07, 6.45) is 3.56. The lowest BCUT2D eigenvalue weighted by Gasteiger charge is -2.27. The van der Waals surface area contributed by atoms with Gasteiger partial charge in [0.25, 0.3) is 5.91 Å². The Morgan fingerprint density at radius 3 is 2.39 bits per heavy atom. The SMILES string of the molecule is CCN(CC)S(=O)(=O)c1cc(C(=O)N(Cc2cnn(C)c2)C(C)C)ccc1Cl. The van der Waals surface area contributed by atoms with Crippen LogP contribution in [-0.4, -0.2) is 52.4 Å². The molecule has 0 aliphatic rings. The number of aryl methyl sites for hydroxylation is 1. The molecule has 0 atom stereocenters. The van der Waals surface area contributed by atoms with Gasteiger partial charge in [-0.05, 0) is 32.0 Å². The molecule has 1 heterocycles. The maximum absolute atomic E-state index is 13.1. The fraction of sp³-hybridized carbons (Fsp3) is 0.474. The minimum Gasteiger partial charge on any atom is -0.332 e. The summed E-state index contributed by atoms with van der Waals surface area (Å²) in [6, 6.07) is 4.32. The van der Waals surface area contributed by atoms with Crippen LogP contribution in [0.15, 0.2) is 35.5 Å². The maximum Gasteiger partial charge on any atom is 0.254 e. The Morgan fingerprint density at radius 1 is 1.25 bits per heavy atom. The lowest BCUT2D eigenvalue weighted by atomic mass is 10.1. The van der Waals surface area contributed by atoms with Gasteiger partial charge in [-0.15, -0.1) is 0 Å². The zero-order valence-electron chi connectivity index (χ0n) is 16.9. The highest BCUT2D eigenvalue weighted by Crippen LogP contribution is 2.27. The van der Waals surface area contributed by atoms with E-state index < -0.39 is 10.0 Å². The average molecular weight is 427 g/mol. The number of nitrogens with zero attached hydrogens (tertiary/aromatic N) is 4. The summed E-state index contributed by atoms with van der Waals surface area (Å²) in [5, 5.41) is 4.24. The summed E-state index contributed by atoms with van der Waals surface area (Å²) in [5.41, 5.74) is 1.18. The average Bonchev–Trinajstić information content (AvgIpc) is 3.05. The summed E-state index contributed by atoms with van der Waals surface area (Å²) >= 11 is 6.18. The van der Waals surface area contributed by atoms with E-state index in [1.54, 1.807) is 35.7 Å². The Bertz CT molecular complexity index is 936. The van der Waals surface area contributed by atoms with Gasteiger partial charge in [-0.25, -0.2) is 8.42 Å². The van der Waals surface area contributed by atoms with Crippen LogP contribution >= 0.6 is 11.6 Å². The molecular weight excluding hydrogens is 400 g/mol. The Labute approximate surface area is 171 Å². The fourth-order valence-electron chi connectivity index (χ4n) is 2.94. The number of benzene rings is 1. The molecule has 9 heteroatoms. The van der Waals surface area contributed by atoms with Crippen molar-refractivity contribution in [2.75, 3.05) is 13.1 Å². The quantitative estimate of drug-likeness (QED) is 0.649. The minimum absolute atomic E-state index is 0.0474. The van der Waals surface area contributed by atoms with E-state index in [0.717, 1.165) is 5.56 Å². The topological polar surface area (TPSA) is 75.5 Å². The number of carbonyl (C=O) groups excluding carboxylic acids is 1. The summed E-state index contributed by atoms with van der Waals surface area (Å²) in [4.78, 5) is 14.8. The molecule has 0 spiro atoms. The molecule has 1 aromatic carbocycles. The molecule has 0 N–H and O–H groups in total. The van der Waals surface area contributed by atoms with Gasteiger partial charge in [0.15, 0.2) is 0 Å². The van der Waals surface area contributed by atoms with Crippen LogP contribution in [0.1, 0.15) is 43.6 Å². The monoisotopic (exact) mass is 426 g/mol. The summed E-state index contributed by atoms with van der Waals surface area (Å²) in [6.45, 7) is 8.39. The van der Waals surface area contributed by atoms with E-state index >= 15 is 0 Å². The van der Waals surface area contributed by atoms with Crippen LogP contribution in [-0.2, 0) is 23.6 Å².